The molecule has 1 N–H and O–H groups in total. The third-order valence-electron chi connectivity index (χ3n) is 6.76. The van der Waals surface area contributed by atoms with Gasteiger partial charge in [-0.2, -0.15) is 0 Å². The van der Waals surface area contributed by atoms with Gasteiger partial charge in [-0.15, -0.1) is 6.42 Å². The van der Waals surface area contributed by atoms with Crippen molar-refractivity contribution in [1.29, 1.82) is 0 Å². The summed E-state index contributed by atoms with van der Waals surface area (Å²) in [6.07, 6.45) is 6.31. The second-order valence-corrected chi connectivity index (χ2v) is 13.7. The number of hydrogen-bond acceptors (Lipinski definition) is 2. The minimum atomic E-state index is -2.68. The van der Waals surface area contributed by atoms with Crippen molar-refractivity contribution in [3.05, 3.63) is 60.7 Å². The number of carboxylic acid groups (broad SMARTS) is 1. The molecule has 2 aromatic carbocycles. The molecule has 156 valence electrons. The molecule has 2 aliphatic rings. The first-order chi connectivity index (χ1) is 14.3. The van der Waals surface area contributed by atoms with E-state index in [1.165, 1.54) is 15.3 Å². The molecule has 5 heteroatoms. The second-order valence-electron chi connectivity index (χ2n) is 9.41. The Morgan fingerprint density at radius 3 is 2.03 bits per heavy atom. The molecule has 2 aromatic rings. The minimum Gasteiger partial charge on any atom is -0.465 e. The third kappa shape index (κ3) is 3.15. The van der Waals surface area contributed by atoms with Crippen LogP contribution in [0.5, 0.6) is 0 Å². The van der Waals surface area contributed by atoms with Crippen LogP contribution >= 0.6 is 0 Å². The van der Waals surface area contributed by atoms with E-state index < -0.39 is 20.5 Å². The number of benzene rings is 2. The van der Waals surface area contributed by atoms with Crippen LogP contribution in [-0.4, -0.2) is 42.6 Å². The zero-order valence-electron chi connectivity index (χ0n) is 17.8. The molecule has 4 rings (SSSR count). The first kappa shape index (κ1) is 20.7. The summed E-state index contributed by atoms with van der Waals surface area (Å²) in [5, 5.41) is 12.0. The van der Waals surface area contributed by atoms with E-state index in [4.69, 9.17) is 10.8 Å². The van der Waals surface area contributed by atoms with Gasteiger partial charge in [0, 0.05) is 12.0 Å². The summed E-state index contributed by atoms with van der Waals surface area (Å²) in [4.78, 5) is 13.2. The van der Waals surface area contributed by atoms with Gasteiger partial charge in [-0.1, -0.05) is 87.4 Å². The van der Waals surface area contributed by atoms with E-state index in [1.54, 1.807) is 0 Å². The fourth-order valence-corrected chi connectivity index (χ4v) is 10.3. The highest BCUT2D eigenvalue weighted by Gasteiger charge is 2.58. The molecule has 1 amide bonds. The Morgan fingerprint density at radius 1 is 1.07 bits per heavy atom. The highest BCUT2D eigenvalue weighted by molar-refractivity contribution is 6.99. The number of nitrogens with zero attached hydrogens (tertiary/aromatic N) is 1. The van der Waals surface area contributed by atoms with Crippen molar-refractivity contribution in [2.75, 3.05) is 0 Å². The second kappa shape index (κ2) is 7.61. The Morgan fingerprint density at radius 2 is 1.60 bits per heavy atom. The Labute approximate surface area is 180 Å². The SMILES string of the molecule is C#CC1C2CC(CC2O[Si](c2ccccc2)(c2ccccc2)C(C)(C)C)N1C(=O)O. The van der Waals surface area contributed by atoms with E-state index in [0.29, 0.717) is 6.42 Å². The van der Waals surface area contributed by atoms with Gasteiger partial charge >= 0.3 is 6.09 Å². The van der Waals surface area contributed by atoms with Crippen LogP contribution in [0.1, 0.15) is 33.6 Å². The van der Waals surface area contributed by atoms with Crippen molar-refractivity contribution in [3.63, 3.8) is 0 Å². The number of rotatable bonds is 4. The molecule has 2 fully saturated rings. The van der Waals surface area contributed by atoms with Crippen LogP contribution in [0.2, 0.25) is 5.04 Å². The Bertz CT molecular complexity index is 908. The predicted octanol–water partition coefficient (Wildman–Crippen LogP) is 3.71. The number of likely N-dealkylation sites (tertiary alicyclic amines) is 1. The van der Waals surface area contributed by atoms with Crippen molar-refractivity contribution in [2.45, 2.75) is 56.8 Å². The maximum absolute atomic E-state index is 11.8. The zero-order chi connectivity index (χ0) is 21.5. The highest BCUT2D eigenvalue weighted by Crippen LogP contribution is 2.47. The standard InChI is InChI=1S/C25H29NO3Si/c1-5-22-21-16-18(26(22)24(27)28)17-23(21)29-30(25(2,3)4,19-12-8-6-9-13-19)20-14-10-7-11-15-20/h1,6-15,18,21-23H,16-17H2,2-4H3,(H,27,28). The number of hydrogen-bond donors (Lipinski definition) is 1. The summed E-state index contributed by atoms with van der Waals surface area (Å²) < 4.78 is 7.25. The number of amides is 1. The fraction of sp³-hybridized carbons (Fsp3) is 0.400. The van der Waals surface area contributed by atoms with E-state index in [9.17, 15) is 9.90 Å². The highest BCUT2D eigenvalue weighted by atomic mass is 28.4. The lowest BCUT2D eigenvalue weighted by molar-refractivity contribution is 0.0603. The summed E-state index contributed by atoms with van der Waals surface area (Å²) in [6, 6.07) is 20.6. The number of piperidine rings is 1. The lowest BCUT2D eigenvalue weighted by Gasteiger charge is -2.47. The smallest absolute Gasteiger partial charge is 0.408 e. The molecule has 2 bridgehead atoms. The van der Waals surface area contributed by atoms with Gasteiger partial charge in [0.05, 0.1) is 6.10 Å². The van der Waals surface area contributed by atoms with E-state index in [-0.39, 0.29) is 23.1 Å². The molecule has 0 spiro atoms. The van der Waals surface area contributed by atoms with Crippen molar-refractivity contribution in [3.8, 4) is 12.3 Å². The molecule has 1 aliphatic heterocycles. The van der Waals surface area contributed by atoms with Gasteiger partial charge in [0.2, 0.25) is 0 Å². The number of carbonyl (C=O) groups is 1. The maximum Gasteiger partial charge on any atom is 0.408 e. The van der Waals surface area contributed by atoms with Gasteiger partial charge in [0.25, 0.3) is 8.32 Å². The van der Waals surface area contributed by atoms with Crippen molar-refractivity contribution < 1.29 is 14.3 Å². The van der Waals surface area contributed by atoms with Gasteiger partial charge in [-0.3, -0.25) is 4.90 Å². The van der Waals surface area contributed by atoms with Crippen molar-refractivity contribution in [2.24, 2.45) is 5.92 Å². The third-order valence-corrected chi connectivity index (χ3v) is 11.8. The van der Waals surface area contributed by atoms with Gasteiger partial charge in [0.1, 0.15) is 6.04 Å². The number of terminal acetylenes is 1. The van der Waals surface area contributed by atoms with Crippen LogP contribution in [0, 0.1) is 18.3 Å². The zero-order valence-corrected chi connectivity index (χ0v) is 18.8. The molecule has 4 unspecified atom stereocenters. The Kier molecular flexibility index (Phi) is 5.25. The molecular weight excluding hydrogens is 390 g/mol. The fourth-order valence-electron chi connectivity index (χ4n) is 5.53. The number of fused-ring (bicyclic) bond motifs is 2. The summed E-state index contributed by atoms with van der Waals surface area (Å²) in [5.74, 6) is 2.78. The summed E-state index contributed by atoms with van der Waals surface area (Å²) in [5.41, 5.74) is 0. The van der Waals surface area contributed by atoms with Gasteiger partial charge in [0.15, 0.2) is 0 Å². The summed E-state index contributed by atoms with van der Waals surface area (Å²) >= 11 is 0. The lowest BCUT2D eigenvalue weighted by Crippen LogP contribution is -2.68. The van der Waals surface area contributed by atoms with E-state index in [2.05, 4.69) is 75.2 Å². The normalized spacial score (nSPS) is 25.9. The Balaban J connectivity index is 1.80. The first-order valence-electron chi connectivity index (χ1n) is 10.6. The van der Waals surface area contributed by atoms with E-state index in [1.807, 2.05) is 12.1 Å². The van der Waals surface area contributed by atoms with Gasteiger partial charge in [-0.25, -0.2) is 4.79 Å². The van der Waals surface area contributed by atoms with E-state index >= 15 is 0 Å². The van der Waals surface area contributed by atoms with Crippen LogP contribution in [0.3, 0.4) is 0 Å². The molecule has 1 aliphatic carbocycles. The summed E-state index contributed by atoms with van der Waals surface area (Å²) in [7, 11) is -2.68. The van der Waals surface area contributed by atoms with Crippen LogP contribution in [0.25, 0.3) is 0 Å². The molecule has 0 aromatic heterocycles. The minimum absolute atomic E-state index is 0.0396. The molecule has 1 saturated heterocycles. The van der Waals surface area contributed by atoms with Gasteiger partial charge < -0.3 is 9.53 Å². The predicted molar refractivity (Wildman–Crippen MR) is 121 cm³/mol. The van der Waals surface area contributed by atoms with Crippen LogP contribution in [-0.2, 0) is 4.43 Å². The lowest BCUT2D eigenvalue weighted by atomic mass is 9.97. The molecule has 0 radical (unpaired) electrons. The molecule has 4 atom stereocenters. The average molecular weight is 420 g/mol. The first-order valence-corrected chi connectivity index (χ1v) is 12.5. The van der Waals surface area contributed by atoms with Crippen LogP contribution in [0.4, 0.5) is 4.79 Å². The van der Waals surface area contributed by atoms with Crippen LogP contribution in [0.15, 0.2) is 60.7 Å². The van der Waals surface area contributed by atoms with Crippen molar-refractivity contribution in [1.82, 2.24) is 4.90 Å². The largest absolute Gasteiger partial charge is 0.465 e. The van der Waals surface area contributed by atoms with E-state index in [0.717, 1.165) is 6.42 Å². The molecule has 1 saturated carbocycles. The summed E-state index contributed by atoms with van der Waals surface area (Å²) in [6.45, 7) is 6.78. The van der Waals surface area contributed by atoms with Gasteiger partial charge in [-0.05, 0) is 28.3 Å². The molecule has 1 heterocycles. The Hall–Kier alpha value is -2.55. The quantitative estimate of drug-likeness (QED) is 0.607. The van der Waals surface area contributed by atoms with Crippen LogP contribution < -0.4 is 10.4 Å². The average Bonchev–Trinajstić information content (AvgIpc) is 3.30. The maximum atomic E-state index is 11.8. The topological polar surface area (TPSA) is 49.8 Å². The monoisotopic (exact) mass is 419 g/mol. The molecule has 4 nitrogen and oxygen atoms in total. The molecular formula is C25H29NO3Si. The molecule has 30 heavy (non-hydrogen) atoms. The van der Waals surface area contributed by atoms with Crippen molar-refractivity contribution >= 4 is 24.8 Å².